The van der Waals surface area contributed by atoms with Gasteiger partial charge in [-0.1, -0.05) is 32.1 Å². The maximum absolute atomic E-state index is 12.5. The van der Waals surface area contributed by atoms with E-state index in [1.54, 1.807) is 31.5 Å². The van der Waals surface area contributed by atoms with Crippen LogP contribution in [-0.4, -0.2) is 31.4 Å². The molecule has 4 nitrogen and oxygen atoms in total. The smallest absolute Gasteiger partial charge is 0.316 e. The van der Waals surface area contributed by atoms with Crippen LogP contribution >= 0.6 is 0 Å². The van der Waals surface area contributed by atoms with Gasteiger partial charge in [-0.15, -0.1) is 0 Å². The van der Waals surface area contributed by atoms with E-state index in [4.69, 9.17) is 4.74 Å². The fraction of sp³-hybridized carbons (Fsp3) is 0.562. The SMILES string of the molecule is CCOC(=O)C(CCC[Si](C)(C)C)C(=O)c1ccncc1. The molecule has 0 aromatic carbocycles. The van der Waals surface area contributed by atoms with E-state index in [-0.39, 0.29) is 5.78 Å². The van der Waals surface area contributed by atoms with Crippen molar-refractivity contribution in [2.45, 2.75) is 45.5 Å². The molecule has 0 fully saturated rings. The van der Waals surface area contributed by atoms with Crippen LogP contribution in [0, 0.1) is 5.92 Å². The van der Waals surface area contributed by atoms with Gasteiger partial charge in [-0.2, -0.15) is 0 Å². The Bertz CT molecular complexity index is 468. The molecule has 0 spiro atoms. The number of nitrogens with zero attached hydrogens (tertiary/aromatic N) is 1. The number of Topliss-reactive ketones (excluding diaryl/α,β-unsaturated/α-hetero) is 1. The van der Waals surface area contributed by atoms with E-state index in [1.807, 2.05) is 0 Å². The standard InChI is InChI=1S/C16H25NO3Si/c1-5-20-16(19)14(7-6-12-21(2,3)4)15(18)13-8-10-17-11-9-13/h8-11,14H,5-7,12H2,1-4H3. The van der Waals surface area contributed by atoms with E-state index in [1.165, 1.54) is 0 Å². The lowest BCUT2D eigenvalue weighted by Crippen LogP contribution is -2.27. The Balaban J connectivity index is 2.77. The summed E-state index contributed by atoms with van der Waals surface area (Å²) >= 11 is 0. The molecule has 0 aliphatic heterocycles. The van der Waals surface area contributed by atoms with E-state index in [9.17, 15) is 9.59 Å². The second-order valence-electron chi connectivity index (χ2n) is 6.36. The number of ether oxygens (including phenoxy) is 1. The Hall–Kier alpha value is -1.49. The van der Waals surface area contributed by atoms with Crippen molar-refractivity contribution in [2.75, 3.05) is 6.61 Å². The lowest BCUT2D eigenvalue weighted by Gasteiger charge is -2.18. The fourth-order valence-electron chi connectivity index (χ4n) is 2.15. The molecular formula is C16H25NO3Si. The van der Waals surface area contributed by atoms with Crippen molar-refractivity contribution >= 4 is 19.8 Å². The van der Waals surface area contributed by atoms with Crippen molar-refractivity contribution in [3.8, 4) is 0 Å². The molecule has 1 aromatic rings. The van der Waals surface area contributed by atoms with E-state index in [2.05, 4.69) is 24.6 Å². The molecule has 0 N–H and O–H groups in total. The third-order valence-corrected chi connectivity index (χ3v) is 5.13. The Labute approximate surface area is 127 Å². The summed E-state index contributed by atoms with van der Waals surface area (Å²) in [6, 6.07) is 4.40. The molecule has 1 heterocycles. The largest absolute Gasteiger partial charge is 0.465 e. The molecule has 0 saturated carbocycles. The van der Waals surface area contributed by atoms with Crippen LogP contribution in [0.2, 0.25) is 25.7 Å². The number of carbonyl (C=O) groups excluding carboxylic acids is 2. The molecule has 0 radical (unpaired) electrons. The number of esters is 1. The van der Waals surface area contributed by atoms with Crippen molar-refractivity contribution < 1.29 is 14.3 Å². The van der Waals surface area contributed by atoms with Crippen molar-refractivity contribution in [1.29, 1.82) is 0 Å². The molecule has 0 amide bonds. The molecule has 21 heavy (non-hydrogen) atoms. The van der Waals surface area contributed by atoms with E-state index in [0.717, 1.165) is 12.5 Å². The van der Waals surface area contributed by atoms with E-state index in [0.29, 0.717) is 18.6 Å². The predicted molar refractivity (Wildman–Crippen MR) is 86.1 cm³/mol. The Morgan fingerprint density at radius 2 is 1.86 bits per heavy atom. The van der Waals surface area contributed by atoms with Gasteiger partial charge in [0, 0.05) is 26.0 Å². The van der Waals surface area contributed by atoms with Crippen LogP contribution in [0.4, 0.5) is 0 Å². The summed E-state index contributed by atoms with van der Waals surface area (Å²) in [6.45, 7) is 8.92. The number of carbonyl (C=O) groups is 2. The van der Waals surface area contributed by atoms with Gasteiger partial charge < -0.3 is 4.74 Å². The van der Waals surface area contributed by atoms with Gasteiger partial charge in [-0.3, -0.25) is 14.6 Å². The predicted octanol–water partition coefficient (Wildman–Crippen LogP) is 3.56. The molecule has 0 aliphatic rings. The van der Waals surface area contributed by atoms with Crippen LogP contribution in [-0.2, 0) is 9.53 Å². The van der Waals surface area contributed by atoms with Gasteiger partial charge in [-0.25, -0.2) is 0 Å². The summed E-state index contributed by atoms with van der Waals surface area (Å²) in [5, 5.41) is 0. The first-order valence-electron chi connectivity index (χ1n) is 7.46. The first-order valence-corrected chi connectivity index (χ1v) is 11.2. The maximum Gasteiger partial charge on any atom is 0.316 e. The Morgan fingerprint density at radius 1 is 1.24 bits per heavy atom. The Kier molecular flexibility index (Phi) is 6.75. The zero-order chi connectivity index (χ0) is 15.9. The molecule has 5 heteroatoms. The van der Waals surface area contributed by atoms with Gasteiger partial charge in [0.05, 0.1) is 6.61 Å². The highest BCUT2D eigenvalue weighted by Crippen LogP contribution is 2.21. The first-order chi connectivity index (χ1) is 9.85. The second-order valence-corrected chi connectivity index (χ2v) is 12.0. The lowest BCUT2D eigenvalue weighted by molar-refractivity contribution is -0.146. The van der Waals surface area contributed by atoms with Crippen LogP contribution in [0.1, 0.15) is 30.1 Å². The summed E-state index contributed by atoms with van der Waals surface area (Å²) in [6.07, 6.45) is 4.58. The minimum absolute atomic E-state index is 0.161. The summed E-state index contributed by atoms with van der Waals surface area (Å²) in [5.41, 5.74) is 0.524. The number of pyridine rings is 1. The first kappa shape index (κ1) is 17.6. The van der Waals surface area contributed by atoms with Gasteiger partial charge in [0.15, 0.2) is 5.78 Å². The van der Waals surface area contributed by atoms with Crippen LogP contribution < -0.4 is 0 Å². The molecule has 1 atom stereocenters. The van der Waals surface area contributed by atoms with Gasteiger partial charge in [0.25, 0.3) is 0 Å². The molecule has 0 saturated heterocycles. The zero-order valence-corrected chi connectivity index (χ0v) is 14.4. The summed E-state index contributed by atoms with van der Waals surface area (Å²) in [5.74, 6) is -1.26. The van der Waals surface area contributed by atoms with Gasteiger partial charge >= 0.3 is 5.97 Å². The van der Waals surface area contributed by atoms with E-state index >= 15 is 0 Å². The molecule has 0 bridgehead atoms. The van der Waals surface area contributed by atoms with Gasteiger partial charge in [-0.05, 0) is 25.5 Å². The van der Waals surface area contributed by atoms with Crippen molar-refractivity contribution in [3.05, 3.63) is 30.1 Å². The maximum atomic E-state index is 12.5. The number of aromatic nitrogens is 1. The summed E-state index contributed by atoms with van der Waals surface area (Å²) in [7, 11) is -1.16. The average molecular weight is 307 g/mol. The van der Waals surface area contributed by atoms with Crippen molar-refractivity contribution in [2.24, 2.45) is 5.92 Å². The Morgan fingerprint density at radius 3 is 2.38 bits per heavy atom. The summed E-state index contributed by atoms with van der Waals surface area (Å²) < 4.78 is 5.07. The van der Waals surface area contributed by atoms with Crippen LogP contribution in [0.5, 0.6) is 0 Å². The fourth-order valence-corrected chi connectivity index (χ4v) is 3.42. The molecule has 1 aromatic heterocycles. The van der Waals surface area contributed by atoms with Crippen LogP contribution in [0.3, 0.4) is 0 Å². The van der Waals surface area contributed by atoms with Crippen molar-refractivity contribution in [3.63, 3.8) is 0 Å². The number of ketones is 1. The monoisotopic (exact) mass is 307 g/mol. The molecule has 1 unspecified atom stereocenters. The highest BCUT2D eigenvalue weighted by Gasteiger charge is 2.29. The zero-order valence-electron chi connectivity index (χ0n) is 13.4. The van der Waals surface area contributed by atoms with Crippen LogP contribution in [0.15, 0.2) is 24.5 Å². The number of hydrogen-bond donors (Lipinski definition) is 0. The van der Waals surface area contributed by atoms with Crippen molar-refractivity contribution in [1.82, 2.24) is 4.98 Å². The molecule has 1 rings (SSSR count). The number of hydrogen-bond acceptors (Lipinski definition) is 4. The highest BCUT2D eigenvalue weighted by atomic mass is 28.3. The summed E-state index contributed by atoms with van der Waals surface area (Å²) in [4.78, 5) is 28.5. The lowest BCUT2D eigenvalue weighted by atomic mass is 9.94. The van der Waals surface area contributed by atoms with Gasteiger partial charge in [0.1, 0.15) is 5.92 Å². The molecule has 116 valence electrons. The average Bonchev–Trinajstić information content (AvgIpc) is 2.43. The second kappa shape index (κ2) is 8.07. The molecule has 0 aliphatic carbocycles. The normalized spacial score (nSPS) is 12.8. The molecular weight excluding hydrogens is 282 g/mol. The van der Waals surface area contributed by atoms with Gasteiger partial charge in [0.2, 0.25) is 0 Å². The minimum atomic E-state index is -1.16. The quantitative estimate of drug-likeness (QED) is 0.319. The van der Waals surface area contributed by atoms with Crippen LogP contribution in [0.25, 0.3) is 0 Å². The third-order valence-electron chi connectivity index (χ3n) is 3.27. The topological polar surface area (TPSA) is 56.3 Å². The number of rotatable bonds is 8. The third kappa shape index (κ3) is 6.21. The highest BCUT2D eigenvalue weighted by molar-refractivity contribution is 6.76. The van der Waals surface area contributed by atoms with E-state index < -0.39 is 20.0 Å². The minimum Gasteiger partial charge on any atom is -0.465 e.